The topological polar surface area (TPSA) is 101 Å². The van der Waals surface area contributed by atoms with Gasteiger partial charge in [-0.2, -0.15) is 0 Å². The van der Waals surface area contributed by atoms with Gasteiger partial charge < -0.3 is 10.4 Å². The predicted molar refractivity (Wildman–Crippen MR) is 63.3 cm³/mol. The minimum atomic E-state index is -3.24. The van der Waals surface area contributed by atoms with Crippen molar-refractivity contribution in [3.8, 4) is 0 Å². The zero-order chi connectivity index (χ0) is 13.6. The summed E-state index contributed by atoms with van der Waals surface area (Å²) in [4.78, 5) is 21.7. The van der Waals surface area contributed by atoms with E-state index in [2.05, 4.69) is 5.32 Å². The smallest absolute Gasteiger partial charge is 0.325 e. The van der Waals surface area contributed by atoms with Gasteiger partial charge >= 0.3 is 5.97 Å². The highest BCUT2D eigenvalue weighted by Gasteiger charge is 2.18. The number of carboxylic acids is 1. The van der Waals surface area contributed by atoms with Gasteiger partial charge in [0, 0.05) is 6.42 Å². The van der Waals surface area contributed by atoms with E-state index in [1.165, 1.54) is 6.92 Å². The average Bonchev–Trinajstić information content (AvgIpc) is 2.12. The molecule has 0 aromatic carbocycles. The Hall–Kier alpha value is -1.11. The van der Waals surface area contributed by atoms with Gasteiger partial charge in [0.25, 0.3) is 0 Å². The first-order valence-corrected chi connectivity index (χ1v) is 7.19. The summed E-state index contributed by atoms with van der Waals surface area (Å²) in [7, 11) is -3.24. The molecular formula is C10H19NO5S. The van der Waals surface area contributed by atoms with Gasteiger partial charge in [-0.1, -0.05) is 13.8 Å². The van der Waals surface area contributed by atoms with Crippen molar-refractivity contribution in [2.24, 2.45) is 5.92 Å². The fraction of sp³-hybridized carbons (Fsp3) is 0.800. The first kappa shape index (κ1) is 15.9. The number of amides is 1. The van der Waals surface area contributed by atoms with Crippen LogP contribution >= 0.6 is 0 Å². The van der Waals surface area contributed by atoms with Crippen molar-refractivity contribution in [2.45, 2.75) is 33.2 Å². The fourth-order valence-corrected chi connectivity index (χ4v) is 2.89. The van der Waals surface area contributed by atoms with E-state index in [-0.39, 0.29) is 23.8 Å². The molecule has 0 fully saturated rings. The maximum Gasteiger partial charge on any atom is 0.325 e. The molecule has 0 aromatic rings. The Labute approximate surface area is 101 Å². The van der Waals surface area contributed by atoms with E-state index in [1.807, 2.05) is 0 Å². The summed E-state index contributed by atoms with van der Waals surface area (Å²) in [5.74, 6) is -1.91. The minimum Gasteiger partial charge on any atom is -0.480 e. The molecule has 0 heterocycles. The second-order valence-electron chi connectivity index (χ2n) is 4.39. The Morgan fingerprint density at radius 1 is 1.24 bits per heavy atom. The molecule has 6 nitrogen and oxygen atoms in total. The lowest BCUT2D eigenvalue weighted by molar-refractivity contribution is -0.141. The summed E-state index contributed by atoms with van der Waals surface area (Å²) < 4.78 is 22.9. The van der Waals surface area contributed by atoms with Gasteiger partial charge in [-0.15, -0.1) is 0 Å². The lowest BCUT2D eigenvalue weighted by atomic mass is 10.3. The average molecular weight is 265 g/mol. The van der Waals surface area contributed by atoms with Crippen LogP contribution in [0.4, 0.5) is 0 Å². The number of aliphatic carboxylic acids is 1. The van der Waals surface area contributed by atoms with Gasteiger partial charge in [0.15, 0.2) is 9.84 Å². The van der Waals surface area contributed by atoms with Gasteiger partial charge in [-0.05, 0) is 12.8 Å². The van der Waals surface area contributed by atoms with Crippen molar-refractivity contribution in [3.05, 3.63) is 0 Å². The largest absolute Gasteiger partial charge is 0.480 e. The monoisotopic (exact) mass is 265 g/mol. The summed E-state index contributed by atoms with van der Waals surface area (Å²) in [6.07, 6.45) is -0.202. The second-order valence-corrected chi connectivity index (χ2v) is 6.61. The summed E-state index contributed by atoms with van der Waals surface area (Å²) in [6.45, 7) is 4.89. The van der Waals surface area contributed by atoms with Crippen LogP contribution in [0.5, 0.6) is 0 Å². The Bertz CT molecular complexity index is 374. The van der Waals surface area contributed by atoms with Crippen LogP contribution in [0.1, 0.15) is 27.2 Å². The quantitative estimate of drug-likeness (QED) is 0.676. The van der Waals surface area contributed by atoms with Gasteiger partial charge in [-0.25, -0.2) is 8.42 Å². The molecule has 17 heavy (non-hydrogen) atoms. The summed E-state index contributed by atoms with van der Waals surface area (Å²) in [5, 5.41) is 10.7. The molecule has 0 saturated carbocycles. The van der Waals surface area contributed by atoms with Crippen LogP contribution in [0.3, 0.4) is 0 Å². The van der Waals surface area contributed by atoms with E-state index >= 15 is 0 Å². The first-order chi connectivity index (χ1) is 7.64. The second kappa shape index (κ2) is 6.58. The van der Waals surface area contributed by atoms with Crippen molar-refractivity contribution >= 4 is 21.7 Å². The molecule has 100 valence electrons. The van der Waals surface area contributed by atoms with Crippen LogP contribution in [0.15, 0.2) is 0 Å². The number of rotatable bonds is 7. The third-order valence-corrected chi connectivity index (χ3v) is 3.98. The highest BCUT2D eigenvalue weighted by molar-refractivity contribution is 7.91. The third-order valence-electron chi connectivity index (χ3n) is 1.98. The molecule has 1 unspecified atom stereocenters. The summed E-state index contributed by atoms with van der Waals surface area (Å²) in [6, 6.07) is -1.00. The van der Waals surface area contributed by atoms with E-state index in [0.29, 0.717) is 0 Å². The minimum absolute atomic E-state index is 0.0148. The number of hydrogen-bond acceptors (Lipinski definition) is 4. The van der Waals surface area contributed by atoms with Crippen LogP contribution in [-0.4, -0.2) is 42.9 Å². The highest BCUT2D eigenvalue weighted by atomic mass is 32.2. The molecule has 0 aliphatic carbocycles. The fourth-order valence-electron chi connectivity index (χ4n) is 1.21. The standard InChI is InChI=1S/C10H19NO5S/c1-7(2)6-17(15,16)5-4-9(12)11-8(3)10(13)14/h7-8H,4-6H2,1-3H3,(H,11,12)(H,13,14). The van der Waals surface area contributed by atoms with Crippen molar-refractivity contribution in [3.63, 3.8) is 0 Å². The van der Waals surface area contributed by atoms with Gasteiger partial charge in [-0.3, -0.25) is 9.59 Å². The normalized spacial score (nSPS) is 13.4. The number of sulfone groups is 1. The van der Waals surface area contributed by atoms with Crippen LogP contribution in [0, 0.1) is 5.92 Å². The van der Waals surface area contributed by atoms with Crippen molar-refractivity contribution in [1.82, 2.24) is 5.32 Å². The van der Waals surface area contributed by atoms with Crippen molar-refractivity contribution in [2.75, 3.05) is 11.5 Å². The van der Waals surface area contributed by atoms with Crippen LogP contribution in [0.2, 0.25) is 0 Å². The van der Waals surface area contributed by atoms with E-state index in [1.54, 1.807) is 13.8 Å². The third kappa shape index (κ3) is 7.73. The number of carbonyl (C=O) groups is 2. The van der Waals surface area contributed by atoms with Gasteiger partial charge in [0.2, 0.25) is 5.91 Å². The van der Waals surface area contributed by atoms with Crippen molar-refractivity contribution < 1.29 is 23.1 Å². The maximum absolute atomic E-state index is 11.5. The first-order valence-electron chi connectivity index (χ1n) is 5.36. The van der Waals surface area contributed by atoms with Crippen molar-refractivity contribution in [1.29, 1.82) is 0 Å². The van der Waals surface area contributed by atoms with Crippen LogP contribution in [-0.2, 0) is 19.4 Å². The lowest BCUT2D eigenvalue weighted by Crippen LogP contribution is -2.39. The molecule has 0 saturated heterocycles. The van der Waals surface area contributed by atoms with Gasteiger partial charge in [0.05, 0.1) is 11.5 Å². The molecule has 0 spiro atoms. The zero-order valence-electron chi connectivity index (χ0n) is 10.3. The maximum atomic E-state index is 11.5. The molecular weight excluding hydrogens is 246 g/mol. The molecule has 0 aliphatic heterocycles. The molecule has 0 aliphatic rings. The Morgan fingerprint density at radius 3 is 2.18 bits per heavy atom. The van der Waals surface area contributed by atoms with E-state index in [9.17, 15) is 18.0 Å². The molecule has 1 atom stereocenters. The zero-order valence-corrected chi connectivity index (χ0v) is 11.1. The van der Waals surface area contributed by atoms with Crippen LogP contribution in [0.25, 0.3) is 0 Å². The Morgan fingerprint density at radius 2 is 1.76 bits per heavy atom. The highest BCUT2D eigenvalue weighted by Crippen LogP contribution is 2.02. The van der Waals surface area contributed by atoms with E-state index in [0.717, 1.165) is 0 Å². The molecule has 7 heteroatoms. The van der Waals surface area contributed by atoms with E-state index in [4.69, 9.17) is 5.11 Å². The number of carboxylic acid groups (broad SMARTS) is 1. The predicted octanol–water partition coefficient (Wildman–Crippen LogP) is 0.0366. The number of nitrogens with one attached hydrogen (secondary N) is 1. The summed E-state index contributed by atoms with van der Waals surface area (Å²) in [5.41, 5.74) is 0. The molecule has 1 amide bonds. The molecule has 0 bridgehead atoms. The number of carbonyl (C=O) groups excluding carboxylic acids is 1. The molecule has 0 aromatic heterocycles. The lowest BCUT2D eigenvalue weighted by Gasteiger charge is -2.10. The Balaban J connectivity index is 4.12. The van der Waals surface area contributed by atoms with Crippen LogP contribution < -0.4 is 5.32 Å². The van der Waals surface area contributed by atoms with E-state index < -0.39 is 27.8 Å². The molecule has 2 N–H and O–H groups in total. The Kier molecular flexibility index (Phi) is 6.15. The van der Waals surface area contributed by atoms with Gasteiger partial charge in [0.1, 0.15) is 6.04 Å². The molecule has 0 rings (SSSR count). The molecule has 0 radical (unpaired) electrons. The summed E-state index contributed by atoms with van der Waals surface area (Å²) >= 11 is 0. The number of hydrogen-bond donors (Lipinski definition) is 2. The SMILES string of the molecule is CC(C)CS(=O)(=O)CCC(=O)NC(C)C(=O)O.